The number of esters is 1. The van der Waals surface area contributed by atoms with Gasteiger partial charge in [-0.05, 0) is 49.6 Å². The van der Waals surface area contributed by atoms with E-state index in [-0.39, 0.29) is 22.2 Å². The van der Waals surface area contributed by atoms with E-state index in [1.807, 2.05) is 30.3 Å². The molecule has 1 N–H and O–H groups in total. The first-order valence-electron chi connectivity index (χ1n) is 12.8. The van der Waals surface area contributed by atoms with Crippen LogP contribution in [-0.2, 0) is 14.3 Å². The van der Waals surface area contributed by atoms with Crippen LogP contribution in [0, 0.1) is 6.92 Å². The maximum Gasteiger partial charge on any atom is 0.350 e. The van der Waals surface area contributed by atoms with E-state index in [9.17, 15) is 19.5 Å². The number of carbonyl (C=O) groups excluding carboxylic acids is 3. The van der Waals surface area contributed by atoms with Crippen LogP contribution in [0.25, 0.3) is 6.08 Å². The number of unbranched alkanes of at least 4 members (excludes halogenated alkanes) is 1. The minimum atomic E-state index is -0.985. The molecule has 9 heteroatoms. The Morgan fingerprint density at radius 1 is 1.13 bits per heavy atom. The number of aliphatic hydroxyl groups excluding tert-OH is 1. The average molecular weight is 547 g/mol. The Labute approximate surface area is 231 Å². The quantitative estimate of drug-likeness (QED) is 0.179. The standard InChI is InChI=1S/C30H30N2O6S/c1-4-6-17-38-22-14-10-13-21(18-22)25-24(23(33)16-15-20-11-8-7-9-12-20)26(34)28(35)32(25)30-31-19(3)27(39-30)29(36)37-5-2/h7-16,18,25,34H,4-6,17H2,1-3H3. The second-order valence-electron chi connectivity index (χ2n) is 8.85. The van der Waals surface area contributed by atoms with Crippen molar-refractivity contribution in [3.8, 4) is 5.75 Å². The monoisotopic (exact) mass is 546 g/mol. The zero-order chi connectivity index (χ0) is 27.9. The van der Waals surface area contributed by atoms with Gasteiger partial charge in [-0.1, -0.05) is 73.2 Å². The molecule has 202 valence electrons. The lowest BCUT2D eigenvalue weighted by Crippen LogP contribution is -2.30. The van der Waals surface area contributed by atoms with Crippen LogP contribution in [0.2, 0.25) is 0 Å². The number of allylic oxidation sites excluding steroid dienone is 1. The van der Waals surface area contributed by atoms with E-state index in [0.29, 0.717) is 23.6 Å². The number of aliphatic hydroxyl groups is 1. The number of rotatable bonds is 11. The Balaban J connectivity index is 1.78. The molecular weight excluding hydrogens is 516 g/mol. The van der Waals surface area contributed by atoms with Crippen LogP contribution in [0.1, 0.15) is 59.2 Å². The Bertz CT molecular complexity index is 1430. The van der Waals surface area contributed by atoms with Crippen molar-refractivity contribution in [3.63, 3.8) is 0 Å². The Kier molecular flexibility index (Phi) is 8.93. The van der Waals surface area contributed by atoms with Crippen molar-refractivity contribution >= 4 is 40.2 Å². The van der Waals surface area contributed by atoms with E-state index in [1.165, 1.54) is 11.0 Å². The van der Waals surface area contributed by atoms with E-state index in [2.05, 4.69) is 11.9 Å². The molecule has 1 aromatic heterocycles. The molecule has 8 nitrogen and oxygen atoms in total. The number of hydrogen-bond acceptors (Lipinski definition) is 8. The van der Waals surface area contributed by atoms with Gasteiger partial charge in [-0.15, -0.1) is 0 Å². The molecule has 0 aliphatic carbocycles. The van der Waals surface area contributed by atoms with Gasteiger partial charge in [0.1, 0.15) is 10.6 Å². The maximum absolute atomic E-state index is 13.5. The number of carbonyl (C=O) groups is 3. The summed E-state index contributed by atoms with van der Waals surface area (Å²) in [6.45, 7) is 6.13. The molecule has 1 aliphatic rings. The summed E-state index contributed by atoms with van der Waals surface area (Å²) in [7, 11) is 0. The fraction of sp³-hybridized carbons (Fsp3) is 0.267. The first-order valence-corrected chi connectivity index (χ1v) is 13.6. The molecule has 0 spiro atoms. The highest BCUT2D eigenvalue weighted by Crippen LogP contribution is 2.43. The van der Waals surface area contributed by atoms with Crippen molar-refractivity contribution < 1.29 is 29.0 Å². The van der Waals surface area contributed by atoms with Gasteiger partial charge in [0.15, 0.2) is 16.7 Å². The van der Waals surface area contributed by atoms with E-state index >= 15 is 0 Å². The average Bonchev–Trinajstić information content (AvgIpc) is 3.45. The summed E-state index contributed by atoms with van der Waals surface area (Å²) in [5, 5.41) is 11.2. The number of anilines is 1. The topological polar surface area (TPSA) is 106 Å². The molecule has 0 saturated carbocycles. The smallest absolute Gasteiger partial charge is 0.350 e. The van der Waals surface area contributed by atoms with Gasteiger partial charge in [0.05, 0.1) is 30.5 Å². The predicted molar refractivity (Wildman–Crippen MR) is 150 cm³/mol. The third-order valence-electron chi connectivity index (χ3n) is 6.09. The number of ketones is 1. The van der Waals surface area contributed by atoms with Crippen molar-refractivity contribution in [2.45, 2.75) is 39.7 Å². The molecule has 2 heterocycles. The minimum Gasteiger partial charge on any atom is -0.503 e. The van der Waals surface area contributed by atoms with Crippen LogP contribution in [0.3, 0.4) is 0 Å². The lowest BCUT2D eigenvalue weighted by molar-refractivity contribution is -0.117. The third kappa shape index (κ3) is 6.09. The Morgan fingerprint density at radius 2 is 1.90 bits per heavy atom. The Morgan fingerprint density at radius 3 is 2.62 bits per heavy atom. The highest BCUT2D eigenvalue weighted by Gasteiger charge is 2.45. The second-order valence-corrected chi connectivity index (χ2v) is 9.83. The van der Waals surface area contributed by atoms with Gasteiger partial charge in [0.2, 0.25) is 0 Å². The molecule has 0 fully saturated rings. The number of aromatic nitrogens is 1. The summed E-state index contributed by atoms with van der Waals surface area (Å²) in [5.74, 6) is -1.93. The molecule has 1 unspecified atom stereocenters. The van der Waals surface area contributed by atoms with Crippen molar-refractivity contribution in [1.82, 2.24) is 4.98 Å². The number of nitrogens with zero attached hydrogens (tertiary/aromatic N) is 2. The van der Waals surface area contributed by atoms with Gasteiger partial charge in [0, 0.05) is 0 Å². The molecule has 1 aliphatic heterocycles. The van der Waals surface area contributed by atoms with Gasteiger partial charge in [-0.2, -0.15) is 0 Å². The van der Waals surface area contributed by atoms with Crippen LogP contribution >= 0.6 is 11.3 Å². The van der Waals surface area contributed by atoms with Crippen LogP contribution in [-0.4, -0.2) is 41.0 Å². The van der Waals surface area contributed by atoms with Gasteiger partial charge in [-0.25, -0.2) is 9.78 Å². The number of amides is 1. The molecule has 39 heavy (non-hydrogen) atoms. The zero-order valence-electron chi connectivity index (χ0n) is 22.0. The number of aryl methyl sites for hydroxylation is 1. The first-order chi connectivity index (χ1) is 18.8. The normalized spacial score (nSPS) is 15.3. The number of ether oxygens (including phenoxy) is 2. The maximum atomic E-state index is 13.5. The molecular formula is C30H30N2O6S. The molecule has 0 saturated heterocycles. The number of benzene rings is 2. The van der Waals surface area contributed by atoms with Gasteiger partial charge < -0.3 is 14.6 Å². The van der Waals surface area contributed by atoms with E-state index in [0.717, 1.165) is 29.7 Å². The van der Waals surface area contributed by atoms with Crippen molar-refractivity contribution in [2.24, 2.45) is 0 Å². The summed E-state index contributed by atoms with van der Waals surface area (Å²) >= 11 is 0.975. The summed E-state index contributed by atoms with van der Waals surface area (Å²) < 4.78 is 11.0. The van der Waals surface area contributed by atoms with Crippen molar-refractivity contribution in [2.75, 3.05) is 18.1 Å². The van der Waals surface area contributed by atoms with Crippen LogP contribution in [0.5, 0.6) is 5.75 Å². The molecule has 3 aromatic rings. The predicted octanol–water partition coefficient (Wildman–Crippen LogP) is 5.99. The molecule has 0 radical (unpaired) electrons. The highest BCUT2D eigenvalue weighted by atomic mass is 32.1. The SMILES string of the molecule is CCCCOc1cccc(C2C(C(=O)C=Cc3ccccc3)=C(O)C(=O)N2c2nc(C)c(C(=O)OCC)s2)c1. The second kappa shape index (κ2) is 12.5. The van der Waals surface area contributed by atoms with Gasteiger partial charge in [0.25, 0.3) is 5.91 Å². The lowest BCUT2D eigenvalue weighted by atomic mass is 9.95. The van der Waals surface area contributed by atoms with E-state index in [4.69, 9.17) is 9.47 Å². The number of hydrogen-bond donors (Lipinski definition) is 1. The fourth-order valence-corrected chi connectivity index (χ4v) is 5.16. The third-order valence-corrected chi connectivity index (χ3v) is 7.23. The lowest BCUT2D eigenvalue weighted by Gasteiger charge is -2.24. The van der Waals surface area contributed by atoms with Crippen LogP contribution in [0.15, 0.2) is 72.0 Å². The molecule has 2 aromatic carbocycles. The van der Waals surface area contributed by atoms with E-state index in [1.54, 1.807) is 44.2 Å². The van der Waals surface area contributed by atoms with Crippen LogP contribution < -0.4 is 9.64 Å². The fourth-order valence-electron chi connectivity index (χ4n) is 4.18. The van der Waals surface area contributed by atoms with Crippen molar-refractivity contribution in [3.05, 3.63) is 93.7 Å². The summed E-state index contributed by atoms with van der Waals surface area (Å²) in [4.78, 5) is 45.4. The summed E-state index contributed by atoms with van der Waals surface area (Å²) in [6, 6.07) is 15.3. The molecule has 1 atom stereocenters. The largest absolute Gasteiger partial charge is 0.503 e. The summed E-state index contributed by atoms with van der Waals surface area (Å²) in [5.41, 5.74) is 1.66. The number of thiazole rings is 1. The van der Waals surface area contributed by atoms with Gasteiger partial charge in [-0.3, -0.25) is 14.5 Å². The minimum absolute atomic E-state index is 0.0802. The highest BCUT2D eigenvalue weighted by molar-refractivity contribution is 7.17. The van der Waals surface area contributed by atoms with Crippen LogP contribution in [0.4, 0.5) is 5.13 Å². The Hall–Kier alpha value is -4.24. The molecule has 1 amide bonds. The van der Waals surface area contributed by atoms with Crippen molar-refractivity contribution in [1.29, 1.82) is 0 Å². The van der Waals surface area contributed by atoms with Gasteiger partial charge >= 0.3 is 5.97 Å². The zero-order valence-corrected chi connectivity index (χ0v) is 22.9. The molecule has 0 bridgehead atoms. The van der Waals surface area contributed by atoms with E-state index < -0.39 is 29.5 Å². The first kappa shape index (κ1) is 27.8. The summed E-state index contributed by atoms with van der Waals surface area (Å²) in [6.07, 6.45) is 4.81. The molecule has 4 rings (SSSR count).